The van der Waals surface area contributed by atoms with Crippen molar-refractivity contribution in [2.24, 2.45) is 0 Å². The molecule has 1 atom stereocenters. The van der Waals surface area contributed by atoms with Crippen molar-refractivity contribution in [2.45, 2.75) is 45.9 Å². The van der Waals surface area contributed by atoms with E-state index >= 15 is 0 Å². The van der Waals surface area contributed by atoms with Crippen LogP contribution in [0.3, 0.4) is 0 Å². The fourth-order valence-corrected chi connectivity index (χ4v) is 3.99. The number of carbonyl (C=O) groups is 1. The van der Waals surface area contributed by atoms with Gasteiger partial charge in [-0.2, -0.15) is 0 Å². The van der Waals surface area contributed by atoms with E-state index in [1.165, 1.54) is 0 Å². The number of nitrogens with zero attached hydrogens (tertiary/aromatic N) is 3. The summed E-state index contributed by atoms with van der Waals surface area (Å²) < 4.78 is 12.6. The number of rotatable bonds is 12. The van der Waals surface area contributed by atoms with Gasteiger partial charge in [0, 0.05) is 13.7 Å². The van der Waals surface area contributed by atoms with Gasteiger partial charge in [-0.15, -0.1) is 0 Å². The van der Waals surface area contributed by atoms with Crippen LogP contribution in [0.2, 0.25) is 0 Å². The average Bonchev–Trinajstić information content (AvgIpc) is 2.84. The molecule has 0 aliphatic carbocycles. The van der Waals surface area contributed by atoms with Gasteiger partial charge in [-0.25, -0.2) is 4.98 Å². The lowest BCUT2D eigenvalue weighted by Gasteiger charge is -2.32. The fraction of sp³-hybridized carbons (Fsp3) is 0.423. The molecule has 0 spiro atoms. The van der Waals surface area contributed by atoms with E-state index in [1.807, 2.05) is 62.4 Å². The molecular formula is C26H33N3O4. The lowest BCUT2D eigenvalue weighted by molar-refractivity contribution is -0.139. The van der Waals surface area contributed by atoms with Crippen molar-refractivity contribution in [1.29, 1.82) is 0 Å². The van der Waals surface area contributed by atoms with Crippen molar-refractivity contribution in [2.75, 3.05) is 26.9 Å². The van der Waals surface area contributed by atoms with Crippen LogP contribution in [0.15, 0.2) is 59.4 Å². The van der Waals surface area contributed by atoms with E-state index in [0.29, 0.717) is 49.5 Å². The number of fused-ring (bicyclic) bond motifs is 1. The fourth-order valence-electron chi connectivity index (χ4n) is 3.99. The summed E-state index contributed by atoms with van der Waals surface area (Å²) in [5.41, 5.74) is 1.54. The zero-order valence-corrected chi connectivity index (χ0v) is 19.7. The Labute approximate surface area is 195 Å². The molecule has 1 unspecified atom stereocenters. The van der Waals surface area contributed by atoms with E-state index in [0.717, 1.165) is 12.0 Å². The van der Waals surface area contributed by atoms with Gasteiger partial charge in [0.2, 0.25) is 5.91 Å². The third kappa shape index (κ3) is 6.06. The summed E-state index contributed by atoms with van der Waals surface area (Å²) in [6, 6.07) is 16.8. The largest absolute Gasteiger partial charge is 0.383 e. The molecule has 0 aliphatic heterocycles. The van der Waals surface area contributed by atoms with Crippen LogP contribution in [0, 0.1) is 0 Å². The van der Waals surface area contributed by atoms with Crippen LogP contribution < -0.4 is 5.56 Å². The highest BCUT2D eigenvalue weighted by Crippen LogP contribution is 2.24. The first-order valence-electron chi connectivity index (χ1n) is 11.5. The molecule has 3 aromatic rings. The molecule has 33 heavy (non-hydrogen) atoms. The Bertz CT molecular complexity index is 1100. The molecule has 0 saturated heterocycles. The standard InChI is InChI=1S/C26H33N3O4/c1-4-15-28(24(30)19-33-18-20-11-7-6-8-12-20)23(5-2)25-27-22-14-10-9-13-21(22)26(31)29(25)16-17-32-3/h6-14,23H,4-5,15-19H2,1-3H3. The summed E-state index contributed by atoms with van der Waals surface area (Å²) in [7, 11) is 1.60. The molecule has 3 rings (SSSR count). The minimum atomic E-state index is -0.341. The Morgan fingerprint density at radius 3 is 2.52 bits per heavy atom. The molecular weight excluding hydrogens is 418 g/mol. The first-order valence-corrected chi connectivity index (χ1v) is 11.5. The van der Waals surface area contributed by atoms with Crippen LogP contribution in [0.5, 0.6) is 0 Å². The molecule has 1 aromatic heterocycles. The van der Waals surface area contributed by atoms with Crippen LogP contribution >= 0.6 is 0 Å². The second kappa shape index (κ2) is 12.3. The molecule has 7 nitrogen and oxygen atoms in total. The minimum Gasteiger partial charge on any atom is -0.383 e. The van der Waals surface area contributed by atoms with Crippen molar-refractivity contribution in [3.05, 3.63) is 76.3 Å². The van der Waals surface area contributed by atoms with E-state index in [9.17, 15) is 9.59 Å². The van der Waals surface area contributed by atoms with E-state index in [4.69, 9.17) is 14.5 Å². The quantitative estimate of drug-likeness (QED) is 0.417. The molecule has 0 aliphatic rings. The highest BCUT2D eigenvalue weighted by atomic mass is 16.5. The zero-order valence-electron chi connectivity index (χ0n) is 19.7. The molecule has 0 radical (unpaired) electrons. The van der Waals surface area contributed by atoms with Gasteiger partial charge in [0.15, 0.2) is 0 Å². The molecule has 1 amide bonds. The zero-order chi connectivity index (χ0) is 23.6. The van der Waals surface area contributed by atoms with Gasteiger partial charge in [-0.05, 0) is 30.5 Å². The van der Waals surface area contributed by atoms with Gasteiger partial charge in [-0.3, -0.25) is 14.2 Å². The van der Waals surface area contributed by atoms with Gasteiger partial charge >= 0.3 is 0 Å². The Hall–Kier alpha value is -3.03. The molecule has 7 heteroatoms. The number of hydrogen-bond acceptors (Lipinski definition) is 5. The highest BCUT2D eigenvalue weighted by molar-refractivity contribution is 5.79. The van der Waals surface area contributed by atoms with Crippen molar-refractivity contribution >= 4 is 16.8 Å². The number of aromatic nitrogens is 2. The van der Waals surface area contributed by atoms with E-state index < -0.39 is 0 Å². The van der Waals surface area contributed by atoms with Crippen LogP contribution in [-0.4, -0.2) is 47.2 Å². The molecule has 1 heterocycles. The Kier molecular flexibility index (Phi) is 9.15. The van der Waals surface area contributed by atoms with Gasteiger partial charge in [-0.1, -0.05) is 56.3 Å². The highest BCUT2D eigenvalue weighted by Gasteiger charge is 2.28. The summed E-state index contributed by atoms with van der Waals surface area (Å²) in [5, 5.41) is 0.562. The molecule has 0 fully saturated rings. The second-order valence-electron chi connectivity index (χ2n) is 7.93. The van der Waals surface area contributed by atoms with Crippen LogP contribution in [0.25, 0.3) is 10.9 Å². The summed E-state index contributed by atoms with van der Waals surface area (Å²) in [4.78, 5) is 33.2. The van der Waals surface area contributed by atoms with Crippen LogP contribution in [0.4, 0.5) is 0 Å². The molecule has 0 saturated carbocycles. The number of ether oxygens (including phenoxy) is 2. The number of hydrogen-bond donors (Lipinski definition) is 0. The van der Waals surface area contributed by atoms with E-state index in [-0.39, 0.29) is 24.1 Å². The topological polar surface area (TPSA) is 73.7 Å². The molecule has 176 valence electrons. The predicted octanol–water partition coefficient (Wildman–Crippen LogP) is 3.95. The maximum Gasteiger partial charge on any atom is 0.261 e. The summed E-state index contributed by atoms with van der Waals surface area (Å²) in [6.45, 7) is 5.69. The average molecular weight is 452 g/mol. The van der Waals surface area contributed by atoms with Gasteiger partial charge < -0.3 is 14.4 Å². The normalized spacial score (nSPS) is 12.1. The maximum atomic E-state index is 13.3. The lowest BCUT2D eigenvalue weighted by atomic mass is 10.1. The number of methoxy groups -OCH3 is 1. The van der Waals surface area contributed by atoms with Gasteiger partial charge in [0.05, 0.1) is 36.7 Å². The Morgan fingerprint density at radius 2 is 1.82 bits per heavy atom. The molecule has 2 aromatic carbocycles. The second-order valence-corrected chi connectivity index (χ2v) is 7.93. The van der Waals surface area contributed by atoms with Crippen LogP contribution in [0.1, 0.15) is 44.1 Å². The summed E-state index contributed by atoms with van der Waals surface area (Å²) >= 11 is 0. The van der Waals surface area contributed by atoms with E-state index in [1.54, 1.807) is 22.6 Å². The SMILES string of the molecule is CCCN(C(=O)COCc1ccccc1)C(CC)c1nc2ccccc2c(=O)n1CCOC. The van der Waals surface area contributed by atoms with Crippen molar-refractivity contribution in [1.82, 2.24) is 14.5 Å². The van der Waals surface area contributed by atoms with Crippen molar-refractivity contribution < 1.29 is 14.3 Å². The predicted molar refractivity (Wildman–Crippen MR) is 129 cm³/mol. The van der Waals surface area contributed by atoms with Crippen molar-refractivity contribution in [3.8, 4) is 0 Å². The number of benzene rings is 2. The first-order chi connectivity index (χ1) is 16.1. The third-order valence-corrected chi connectivity index (χ3v) is 5.59. The minimum absolute atomic E-state index is 0.0265. The first kappa shape index (κ1) is 24.6. The van der Waals surface area contributed by atoms with Crippen LogP contribution in [-0.2, 0) is 27.4 Å². The van der Waals surface area contributed by atoms with Crippen molar-refractivity contribution in [3.63, 3.8) is 0 Å². The maximum absolute atomic E-state index is 13.3. The summed E-state index contributed by atoms with van der Waals surface area (Å²) in [5.74, 6) is 0.475. The Balaban J connectivity index is 1.91. The van der Waals surface area contributed by atoms with Gasteiger partial charge in [0.1, 0.15) is 12.4 Å². The van der Waals surface area contributed by atoms with Gasteiger partial charge in [0.25, 0.3) is 5.56 Å². The van der Waals surface area contributed by atoms with E-state index in [2.05, 4.69) is 0 Å². The summed E-state index contributed by atoms with van der Waals surface area (Å²) in [6.07, 6.45) is 1.42. The number of amides is 1. The monoisotopic (exact) mass is 451 g/mol. The smallest absolute Gasteiger partial charge is 0.261 e. The third-order valence-electron chi connectivity index (χ3n) is 5.59. The Morgan fingerprint density at radius 1 is 1.09 bits per heavy atom. The lowest BCUT2D eigenvalue weighted by Crippen LogP contribution is -2.41. The molecule has 0 bridgehead atoms. The number of carbonyl (C=O) groups excluding carboxylic acids is 1. The molecule has 0 N–H and O–H groups in total. The number of para-hydroxylation sites is 1.